The smallest absolute Gasteiger partial charge is 0.349 e. The molecule has 1 aromatic heterocycles. The molecule has 0 unspecified atom stereocenters. The van der Waals surface area contributed by atoms with Crippen molar-refractivity contribution in [3.05, 3.63) is 82.0 Å². The fourth-order valence-electron chi connectivity index (χ4n) is 2.78. The molecule has 30 heavy (non-hydrogen) atoms. The lowest BCUT2D eigenvalue weighted by atomic mass is 10.1. The van der Waals surface area contributed by atoms with Crippen LogP contribution in [0.15, 0.2) is 70.9 Å². The van der Waals surface area contributed by atoms with E-state index in [1.807, 2.05) is 30.3 Å². The van der Waals surface area contributed by atoms with Crippen molar-refractivity contribution >= 4 is 38.9 Å². The summed E-state index contributed by atoms with van der Waals surface area (Å²) in [7, 11) is -2.91. The zero-order chi connectivity index (χ0) is 21.6. The number of esters is 1. The molecule has 0 saturated carbocycles. The van der Waals surface area contributed by atoms with Crippen LogP contribution in [0.25, 0.3) is 0 Å². The predicted octanol–water partition coefficient (Wildman–Crippen LogP) is 3.31. The number of para-hydroxylation sites is 1. The normalized spacial score (nSPS) is 11.0. The monoisotopic (exact) mass is 444 g/mol. The number of amides is 1. The molecule has 3 rings (SSSR count). The zero-order valence-corrected chi connectivity index (χ0v) is 17.8. The molecule has 156 valence electrons. The minimum Gasteiger partial charge on any atom is -0.465 e. The van der Waals surface area contributed by atoms with E-state index < -0.39 is 21.9 Å². The Balaban J connectivity index is 1.75. The second-order valence-corrected chi connectivity index (χ2v) is 8.82. The molecule has 1 heterocycles. The fourth-order valence-corrected chi connectivity index (χ4v) is 5.20. The summed E-state index contributed by atoms with van der Waals surface area (Å²) < 4.78 is 32.7. The Kier molecular flexibility index (Phi) is 6.86. The van der Waals surface area contributed by atoms with E-state index in [2.05, 4.69) is 14.8 Å². The number of carbonyl (C=O) groups is 2. The molecule has 0 aliphatic carbocycles. The van der Waals surface area contributed by atoms with Crippen molar-refractivity contribution in [2.75, 3.05) is 18.4 Å². The molecular formula is C21H20N2O5S2. The van der Waals surface area contributed by atoms with Crippen molar-refractivity contribution in [1.29, 1.82) is 0 Å². The molecule has 0 bridgehead atoms. The Morgan fingerprint density at radius 1 is 1.00 bits per heavy atom. The minimum atomic E-state index is -4.10. The van der Waals surface area contributed by atoms with Gasteiger partial charge in [0.25, 0.3) is 15.9 Å². The van der Waals surface area contributed by atoms with Crippen molar-refractivity contribution in [2.24, 2.45) is 0 Å². The number of rotatable bonds is 8. The summed E-state index contributed by atoms with van der Waals surface area (Å²) in [5, 5.41) is 4.29. The average molecular weight is 445 g/mol. The highest BCUT2D eigenvalue weighted by Crippen LogP contribution is 2.26. The third kappa shape index (κ3) is 5.05. The van der Waals surface area contributed by atoms with E-state index in [0.29, 0.717) is 13.0 Å². The topological polar surface area (TPSA) is 102 Å². The summed E-state index contributed by atoms with van der Waals surface area (Å²) >= 11 is 0.966. The average Bonchev–Trinajstić information content (AvgIpc) is 3.25. The van der Waals surface area contributed by atoms with Gasteiger partial charge in [-0.15, -0.1) is 11.3 Å². The Hall–Kier alpha value is -3.17. The standard InChI is InChI=1S/C21H20N2O5S2/c1-28-21(25)19-18(12-14-29-19)30(26,27)23-17-10-6-5-9-16(17)20(24)22-13-11-15-7-3-2-4-8-15/h2-10,12,14,23H,11,13H2,1H3,(H,22,24). The van der Waals surface area contributed by atoms with E-state index in [4.69, 9.17) is 0 Å². The highest BCUT2D eigenvalue weighted by molar-refractivity contribution is 7.93. The molecule has 7 nitrogen and oxygen atoms in total. The van der Waals surface area contributed by atoms with Crippen LogP contribution >= 0.6 is 11.3 Å². The van der Waals surface area contributed by atoms with E-state index >= 15 is 0 Å². The van der Waals surface area contributed by atoms with E-state index in [-0.39, 0.29) is 21.0 Å². The number of benzene rings is 2. The minimum absolute atomic E-state index is 0.0326. The lowest BCUT2D eigenvalue weighted by molar-refractivity contribution is 0.0602. The zero-order valence-electron chi connectivity index (χ0n) is 16.1. The number of hydrogen-bond donors (Lipinski definition) is 2. The maximum Gasteiger partial charge on any atom is 0.349 e. The number of hydrogen-bond acceptors (Lipinski definition) is 6. The third-order valence-electron chi connectivity index (χ3n) is 4.25. The summed E-state index contributed by atoms with van der Waals surface area (Å²) in [5.41, 5.74) is 1.39. The second-order valence-electron chi connectivity index (χ2n) is 6.25. The molecule has 0 aliphatic rings. The van der Waals surface area contributed by atoms with Crippen LogP contribution in [-0.4, -0.2) is 33.9 Å². The number of ether oxygens (including phenoxy) is 1. The summed E-state index contributed by atoms with van der Waals surface area (Å²) in [6, 6.07) is 17.3. The first-order valence-corrected chi connectivity index (χ1v) is 11.4. The predicted molar refractivity (Wildman–Crippen MR) is 115 cm³/mol. The van der Waals surface area contributed by atoms with Gasteiger partial charge in [-0.05, 0) is 35.6 Å². The third-order valence-corrected chi connectivity index (χ3v) is 6.68. The fraction of sp³-hybridized carbons (Fsp3) is 0.143. The molecule has 0 saturated heterocycles. The van der Waals surface area contributed by atoms with Gasteiger partial charge in [0.2, 0.25) is 0 Å². The van der Waals surface area contributed by atoms with Crippen LogP contribution in [-0.2, 0) is 21.2 Å². The molecule has 0 spiro atoms. The molecule has 0 atom stereocenters. The maximum atomic E-state index is 12.8. The van der Waals surface area contributed by atoms with Gasteiger partial charge in [-0.3, -0.25) is 9.52 Å². The van der Waals surface area contributed by atoms with Crippen molar-refractivity contribution in [2.45, 2.75) is 11.3 Å². The van der Waals surface area contributed by atoms with Crippen LogP contribution in [0.3, 0.4) is 0 Å². The van der Waals surface area contributed by atoms with Crippen LogP contribution in [0.2, 0.25) is 0 Å². The first kappa shape index (κ1) is 21.5. The molecule has 0 fully saturated rings. The van der Waals surface area contributed by atoms with Gasteiger partial charge < -0.3 is 10.1 Å². The summed E-state index contributed by atoms with van der Waals surface area (Å²) in [5.74, 6) is -1.14. The van der Waals surface area contributed by atoms with Crippen LogP contribution in [0.4, 0.5) is 5.69 Å². The van der Waals surface area contributed by atoms with Crippen molar-refractivity contribution in [3.8, 4) is 0 Å². The Morgan fingerprint density at radius 2 is 1.70 bits per heavy atom. The van der Waals surface area contributed by atoms with Gasteiger partial charge >= 0.3 is 5.97 Å². The van der Waals surface area contributed by atoms with E-state index in [1.165, 1.54) is 30.7 Å². The summed E-state index contributed by atoms with van der Waals surface area (Å²) in [6.07, 6.45) is 0.651. The van der Waals surface area contributed by atoms with Crippen molar-refractivity contribution < 1.29 is 22.7 Å². The molecule has 9 heteroatoms. The lowest BCUT2D eigenvalue weighted by Gasteiger charge is -2.13. The number of carbonyl (C=O) groups excluding carboxylic acids is 2. The molecule has 2 N–H and O–H groups in total. The quantitative estimate of drug-likeness (QED) is 0.519. The van der Waals surface area contributed by atoms with Gasteiger partial charge in [-0.25, -0.2) is 13.2 Å². The number of nitrogens with one attached hydrogen (secondary N) is 2. The van der Waals surface area contributed by atoms with Gasteiger partial charge in [0.15, 0.2) is 0 Å². The second kappa shape index (κ2) is 9.55. The molecule has 1 amide bonds. The van der Waals surface area contributed by atoms with E-state index in [0.717, 1.165) is 16.9 Å². The van der Waals surface area contributed by atoms with Crippen LogP contribution in [0, 0.1) is 0 Å². The summed E-state index contributed by atoms with van der Waals surface area (Å²) in [4.78, 5) is 24.2. The number of thiophene rings is 1. The highest BCUT2D eigenvalue weighted by Gasteiger charge is 2.26. The Bertz CT molecular complexity index is 1140. The van der Waals surface area contributed by atoms with Crippen LogP contribution in [0.1, 0.15) is 25.6 Å². The molecule has 3 aromatic rings. The van der Waals surface area contributed by atoms with E-state index in [9.17, 15) is 18.0 Å². The number of sulfonamides is 1. The highest BCUT2D eigenvalue weighted by atomic mass is 32.2. The number of methoxy groups -OCH3 is 1. The Morgan fingerprint density at radius 3 is 2.43 bits per heavy atom. The lowest BCUT2D eigenvalue weighted by Crippen LogP contribution is -2.27. The first-order valence-electron chi connectivity index (χ1n) is 9.02. The largest absolute Gasteiger partial charge is 0.465 e. The van der Waals surface area contributed by atoms with Gasteiger partial charge in [0.1, 0.15) is 9.77 Å². The SMILES string of the molecule is COC(=O)c1sccc1S(=O)(=O)Nc1ccccc1C(=O)NCCc1ccccc1. The van der Waals surface area contributed by atoms with Gasteiger partial charge in [-0.1, -0.05) is 42.5 Å². The summed E-state index contributed by atoms with van der Waals surface area (Å²) in [6.45, 7) is 0.404. The Labute approximate surface area is 178 Å². The molecular weight excluding hydrogens is 424 g/mol. The first-order chi connectivity index (χ1) is 14.4. The molecule has 0 aliphatic heterocycles. The maximum absolute atomic E-state index is 12.8. The van der Waals surface area contributed by atoms with Gasteiger partial charge in [0, 0.05) is 6.54 Å². The molecule has 2 aromatic carbocycles. The molecule has 0 radical (unpaired) electrons. The van der Waals surface area contributed by atoms with Crippen LogP contribution < -0.4 is 10.0 Å². The van der Waals surface area contributed by atoms with E-state index in [1.54, 1.807) is 12.1 Å². The van der Waals surface area contributed by atoms with Gasteiger partial charge in [-0.2, -0.15) is 0 Å². The van der Waals surface area contributed by atoms with Gasteiger partial charge in [0.05, 0.1) is 18.4 Å². The van der Waals surface area contributed by atoms with Crippen molar-refractivity contribution in [1.82, 2.24) is 5.32 Å². The van der Waals surface area contributed by atoms with Crippen LogP contribution in [0.5, 0.6) is 0 Å². The van der Waals surface area contributed by atoms with Crippen molar-refractivity contribution in [3.63, 3.8) is 0 Å². The number of anilines is 1.